The van der Waals surface area contributed by atoms with Crippen LogP contribution in [-0.2, 0) is 26.2 Å². The van der Waals surface area contributed by atoms with Crippen LogP contribution in [0.4, 0.5) is 5.69 Å². The van der Waals surface area contributed by atoms with Gasteiger partial charge in [0.2, 0.25) is 11.8 Å². The largest absolute Gasteiger partial charge is 0.497 e. The molecule has 3 rings (SSSR count). The van der Waals surface area contributed by atoms with Gasteiger partial charge in [-0.25, -0.2) is 8.42 Å². The Hall–Kier alpha value is -4.25. The molecule has 0 aromatic heterocycles. The second kappa shape index (κ2) is 13.9. The van der Waals surface area contributed by atoms with Crippen LogP contribution < -0.4 is 23.8 Å². The van der Waals surface area contributed by atoms with Gasteiger partial charge in [-0.1, -0.05) is 30.3 Å². The molecule has 11 heteroatoms. The number of methoxy groups -OCH3 is 3. The molecule has 220 valence electrons. The Balaban J connectivity index is 2.10. The predicted molar refractivity (Wildman–Crippen MR) is 157 cm³/mol. The summed E-state index contributed by atoms with van der Waals surface area (Å²) in [6.07, 6.45) is 0. The zero-order valence-corrected chi connectivity index (χ0v) is 25.0. The Kier molecular flexibility index (Phi) is 10.6. The van der Waals surface area contributed by atoms with Gasteiger partial charge in [0.05, 0.1) is 31.9 Å². The number of amides is 2. The third-order valence-corrected chi connectivity index (χ3v) is 8.15. The number of rotatable bonds is 13. The summed E-state index contributed by atoms with van der Waals surface area (Å²) in [5, 5.41) is 2.84. The smallest absolute Gasteiger partial charge is 0.264 e. The molecule has 0 radical (unpaired) electrons. The molecule has 3 aromatic carbocycles. The van der Waals surface area contributed by atoms with E-state index in [1.165, 1.54) is 37.3 Å². The van der Waals surface area contributed by atoms with E-state index < -0.39 is 28.5 Å². The number of carbonyl (C=O) groups is 2. The van der Waals surface area contributed by atoms with Crippen molar-refractivity contribution in [1.82, 2.24) is 10.2 Å². The minimum atomic E-state index is -4.25. The average molecular weight is 584 g/mol. The fourth-order valence-corrected chi connectivity index (χ4v) is 5.58. The van der Waals surface area contributed by atoms with Gasteiger partial charge >= 0.3 is 0 Å². The summed E-state index contributed by atoms with van der Waals surface area (Å²) in [6, 6.07) is 18.5. The number of anilines is 1. The predicted octanol–water partition coefficient (Wildman–Crippen LogP) is 3.85. The Labute approximate surface area is 241 Å². The maximum Gasteiger partial charge on any atom is 0.264 e. The van der Waals surface area contributed by atoms with Crippen LogP contribution in [0.3, 0.4) is 0 Å². The fourth-order valence-electron chi connectivity index (χ4n) is 4.14. The van der Waals surface area contributed by atoms with E-state index in [0.717, 1.165) is 9.87 Å². The number of benzene rings is 3. The van der Waals surface area contributed by atoms with Crippen LogP contribution in [0.5, 0.6) is 17.2 Å². The minimum Gasteiger partial charge on any atom is -0.497 e. The van der Waals surface area contributed by atoms with Crippen molar-refractivity contribution in [3.05, 3.63) is 78.4 Å². The van der Waals surface area contributed by atoms with Crippen molar-refractivity contribution in [2.24, 2.45) is 0 Å². The first kappa shape index (κ1) is 31.3. The van der Waals surface area contributed by atoms with E-state index in [1.807, 2.05) is 13.8 Å². The first-order chi connectivity index (χ1) is 19.5. The number of carbonyl (C=O) groups excluding carboxylic acids is 2. The summed E-state index contributed by atoms with van der Waals surface area (Å²) in [5.41, 5.74) is 0.854. The standard InChI is InChI=1S/C30H37N3O7S/c1-21(2)31-30(35)22(3)32(19-23-12-14-24(38-4)15-13-23)29(34)20-33(41(36,37)26-10-8-7-9-11-26)27-18-25(39-5)16-17-28(27)40-6/h7-18,21-22H,19-20H2,1-6H3,(H,31,35)/t22-/m1/s1. The molecule has 0 heterocycles. The molecule has 3 aromatic rings. The summed E-state index contributed by atoms with van der Waals surface area (Å²) in [5.74, 6) is 0.295. The van der Waals surface area contributed by atoms with Crippen molar-refractivity contribution in [2.45, 2.75) is 44.3 Å². The highest BCUT2D eigenvalue weighted by atomic mass is 32.2. The van der Waals surface area contributed by atoms with E-state index in [4.69, 9.17) is 14.2 Å². The van der Waals surface area contributed by atoms with E-state index in [-0.39, 0.29) is 34.8 Å². The molecular weight excluding hydrogens is 546 g/mol. The first-order valence-electron chi connectivity index (χ1n) is 13.0. The van der Waals surface area contributed by atoms with Crippen LogP contribution in [0.1, 0.15) is 26.3 Å². The van der Waals surface area contributed by atoms with Crippen LogP contribution in [-0.4, -0.2) is 65.1 Å². The van der Waals surface area contributed by atoms with Crippen molar-refractivity contribution >= 4 is 27.5 Å². The molecule has 0 unspecified atom stereocenters. The van der Waals surface area contributed by atoms with Crippen LogP contribution >= 0.6 is 0 Å². The summed E-state index contributed by atoms with van der Waals surface area (Å²) >= 11 is 0. The molecule has 2 amide bonds. The van der Waals surface area contributed by atoms with Gasteiger partial charge in [0.1, 0.15) is 29.8 Å². The average Bonchev–Trinajstić information content (AvgIpc) is 2.98. The topological polar surface area (TPSA) is 114 Å². The fraction of sp³-hybridized carbons (Fsp3) is 0.333. The molecule has 41 heavy (non-hydrogen) atoms. The van der Waals surface area contributed by atoms with Gasteiger partial charge < -0.3 is 24.4 Å². The molecule has 10 nitrogen and oxygen atoms in total. The lowest BCUT2D eigenvalue weighted by Crippen LogP contribution is -2.52. The summed E-state index contributed by atoms with van der Waals surface area (Å²) in [4.78, 5) is 28.5. The quantitative estimate of drug-likeness (QED) is 0.325. The van der Waals surface area contributed by atoms with Crippen molar-refractivity contribution in [2.75, 3.05) is 32.2 Å². The molecule has 0 saturated heterocycles. The normalized spacial score (nSPS) is 11.9. The highest BCUT2D eigenvalue weighted by molar-refractivity contribution is 7.92. The molecule has 0 aliphatic rings. The van der Waals surface area contributed by atoms with E-state index in [2.05, 4.69) is 5.32 Å². The van der Waals surface area contributed by atoms with Gasteiger partial charge in [0.15, 0.2) is 0 Å². The maximum absolute atomic E-state index is 14.1. The lowest BCUT2D eigenvalue weighted by molar-refractivity contribution is -0.139. The highest BCUT2D eigenvalue weighted by Crippen LogP contribution is 2.36. The molecule has 0 fully saturated rings. The SMILES string of the molecule is COc1ccc(CN(C(=O)CN(c2cc(OC)ccc2OC)S(=O)(=O)c2ccccc2)[C@H](C)C(=O)NC(C)C)cc1. The summed E-state index contributed by atoms with van der Waals surface area (Å²) in [6.45, 7) is 4.72. The molecule has 0 aliphatic carbocycles. The number of nitrogens with one attached hydrogen (secondary N) is 1. The highest BCUT2D eigenvalue weighted by Gasteiger charge is 2.34. The van der Waals surface area contributed by atoms with Gasteiger partial charge in [0, 0.05) is 18.7 Å². The molecular formula is C30H37N3O7S. The van der Waals surface area contributed by atoms with Crippen LogP contribution in [0, 0.1) is 0 Å². The van der Waals surface area contributed by atoms with E-state index >= 15 is 0 Å². The second-order valence-corrected chi connectivity index (χ2v) is 11.4. The van der Waals surface area contributed by atoms with Crippen molar-refractivity contribution < 1.29 is 32.2 Å². The lowest BCUT2D eigenvalue weighted by Gasteiger charge is -2.32. The zero-order valence-electron chi connectivity index (χ0n) is 24.2. The zero-order chi connectivity index (χ0) is 30.2. The Morgan fingerprint density at radius 3 is 2.00 bits per heavy atom. The van der Waals surface area contributed by atoms with E-state index in [9.17, 15) is 18.0 Å². The third-order valence-electron chi connectivity index (χ3n) is 6.37. The van der Waals surface area contributed by atoms with E-state index in [0.29, 0.717) is 11.5 Å². The molecule has 1 atom stereocenters. The van der Waals surface area contributed by atoms with Gasteiger partial charge in [-0.2, -0.15) is 0 Å². The molecule has 0 aliphatic heterocycles. The third kappa shape index (κ3) is 7.69. The van der Waals surface area contributed by atoms with Crippen molar-refractivity contribution in [1.29, 1.82) is 0 Å². The number of ether oxygens (including phenoxy) is 3. The minimum absolute atomic E-state index is 0.00928. The number of hydrogen-bond acceptors (Lipinski definition) is 7. The molecule has 0 bridgehead atoms. The van der Waals surface area contributed by atoms with E-state index in [1.54, 1.807) is 68.6 Å². The van der Waals surface area contributed by atoms with Gasteiger partial charge in [-0.05, 0) is 62.7 Å². The Bertz CT molecular complexity index is 1430. The molecule has 0 saturated carbocycles. The second-order valence-electron chi connectivity index (χ2n) is 9.57. The van der Waals surface area contributed by atoms with Gasteiger partial charge in [-0.3, -0.25) is 13.9 Å². The van der Waals surface area contributed by atoms with Crippen LogP contribution in [0.2, 0.25) is 0 Å². The van der Waals surface area contributed by atoms with Gasteiger partial charge in [-0.15, -0.1) is 0 Å². The molecule has 0 spiro atoms. The maximum atomic E-state index is 14.1. The van der Waals surface area contributed by atoms with Gasteiger partial charge in [0.25, 0.3) is 10.0 Å². The number of nitrogens with zero attached hydrogens (tertiary/aromatic N) is 2. The Morgan fingerprint density at radius 2 is 1.44 bits per heavy atom. The van der Waals surface area contributed by atoms with Crippen LogP contribution in [0.25, 0.3) is 0 Å². The number of sulfonamides is 1. The van der Waals surface area contributed by atoms with Crippen molar-refractivity contribution in [3.8, 4) is 17.2 Å². The summed E-state index contributed by atoms with van der Waals surface area (Å²) < 4.78 is 45.1. The lowest BCUT2D eigenvalue weighted by atomic mass is 10.1. The Morgan fingerprint density at radius 1 is 0.829 bits per heavy atom. The first-order valence-corrected chi connectivity index (χ1v) is 14.5. The molecule has 1 N–H and O–H groups in total. The monoisotopic (exact) mass is 583 g/mol. The van der Waals surface area contributed by atoms with Crippen molar-refractivity contribution in [3.63, 3.8) is 0 Å². The van der Waals surface area contributed by atoms with Crippen LogP contribution in [0.15, 0.2) is 77.7 Å². The number of hydrogen-bond donors (Lipinski definition) is 1. The summed E-state index contributed by atoms with van der Waals surface area (Å²) in [7, 11) is 0.168.